The van der Waals surface area contributed by atoms with Gasteiger partial charge in [-0.1, -0.05) is 23.4 Å². The van der Waals surface area contributed by atoms with Gasteiger partial charge < -0.3 is 19.5 Å². The van der Waals surface area contributed by atoms with Gasteiger partial charge in [-0.15, -0.1) is 0 Å². The minimum atomic E-state index is -0.401. The summed E-state index contributed by atoms with van der Waals surface area (Å²) in [5.41, 5.74) is 1.80. The number of cyclic esters (lactones) is 1. The molecule has 1 aliphatic rings. The first kappa shape index (κ1) is 18.2. The number of ether oxygens (including phenoxy) is 1. The quantitative estimate of drug-likeness (QED) is 0.780. The third-order valence-corrected chi connectivity index (χ3v) is 5.21. The van der Waals surface area contributed by atoms with Gasteiger partial charge in [-0.3, -0.25) is 9.69 Å². The van der Waals surface area contributed by atoms with Crippen molar-refractivity contribution in [1.29, 1.82) is 0 Å². The fourth-order valence-electron chi connectivity index (χ4n) is 2.87. The molecule has 0 saturated carbocycles. The predicted octanol–water partition coefficient (Wildman–Crippen LogP) is 2.04. The second-order valence-electron chi connectivity index (χ2n) is 5.83. The smallest absolute Gasteiger partial charge is 0.414 e. The van der Waals surface area contributed by atoms with Crippen molar-refractivity contribution in [3.05, 3.63) is 23.0 Å². The number of carbonyl (C=O) groups is 2. The largest absolute Gasteiger partial charge is 0.442 e. The molecule has 140 valence electrons. The van der Waals surface area contributed by atoms with E-state index >= 15 is 0 Å². The van der Waals surface area contributed by atoms with Crippen LogP contribution in [-0.2, 0) is 20.9 Å². The Morgan fingerprint density at radius 1 is 1.46 bits per heavy atom. The average Bonchev–Trinajstić information content (AvgIpc) is 3.18. The number of nitrogens with zero attached hydrogens (tertiary/aromatic N) is 3. The molecule has 1 fully saturated rings. The third-order valence-electron chi connectivity index (χ3n) is 4.19. The molecule has 0 aliphatic carbocycles. The predicted molar refractivity (Wildman–Crippen MR) is 99.0 cm³/mol. The Labute approximate surface area is 155 Å². The van der Waals surface area contributed by atoms with E-state index in [0.717, 1.165) is 27.3 Å². The summed E-state index contributed by atoms with van der Waals surface area (Å²) in [6, 6.07) is 5.82. The lowest BCUT2D eigenvalue weighted by atomic mass is 10.2. The standard InChI is InChI=1S/C17H22N4O4S/c1-4-15(22)18-9-12-10-21(17(23)25-12)11-6-7-13-14(8-11)26-16(19-24-3)20(13)5-2/h6-8,12H,4-5,9-10H2,1-3H3,(H,18,22)/t12-/m0/s1. The van der Waals surface area contributed by atoms with E-state index in [2.05, 4.69) is 15.0 Å². The summed E-state index contributed by atoms with van der Waals surface area (Å²) >= 11 is 1.50. The van der Waals surface area contributed by atoms with Crippen molar-refractivity contribution < 1.29 is 19.2 Å². The van der Waals surface area contributed by atoms with Gasteiger partial charge in [0.2, 0.25) is 10.7 Å². The highest BCUT2D eigenvalue weighted by Crippen LogP contribution is 2.27. The molecule has 0 unspecified atom stereocenters. The molecule has 1 saturated heterocycles. The fraction of sp³-hybridized carbons (Fsp3) is 0.471. The van der Waals surface area contributed by atoms with Gasteiger partial charge in [-0.25, -0.2) is 4.79 Å². The first-order chi connectivity index (χ1) is 12.6. The highest BCUT2D eigenvalue weighted by molar-refractivity contribution is 7.16. The van der Waals surface area contributed by atoms with Crippen molar-refractivity contribution >= 4 is 39.2 Å². The molecule has 0 bridgehead atoms. The van der Waals surface area contributed by atoms with Crippen LogP contribution in [0.5, 0.6) is 0 Å². The lowest BCUT2D eigenvalue weighted by Gasteiger charge is -2.13. The molecule has 0 spiro atoms. The summed E-state index contributed by atoms with van der Waals surface area (Å²) in [5.74, 6) is -0.0574. The SMILES string of the molecule is CCC(=O)NC[C@H]1CN(c2ccc3c(c2)sc(=NOC)n3CC)C(=O)O1. The Balaban J connectivity index is 1.83. The van der Waals surface area contributed by atoms with Crippen LogP contribution in [0.2, 0.25) is 0 Å². The lowest BCUT2D eigenvalue weighted by Crippen LogP contribution is -2.34. The number of hydrogen-bond donors (Lipinski definition) is 1. The number of nitrogens with one attached hydrogen (secondary N) is 1. The molecule has 1 N–H and O–H groups in total. The summed E-state index contributed by atoms with van der Waals surface area (Å²) in [6.45, 7) is 5.32. The monoisotopic (exact) mass is 378 g/mol. The molecular formula is C17H22N4O4S. The van der Waals surface area contributed by atoms with Crippen LogP contribution in [0.1, 0.15) is 20.3 Å². The number of anilines is 1. The van der Waals surface area contributed by atoms with Crippen molar-refractivity contribution in [1.82, 2.24) is 9.88 Å². The maximum Gasteiger partial charge on any atom is 0.414 e. The minimum Gasteiger partial charge on any atom is -0.442 e. The van der Waals surface area contributed by atoms with Crippen LogP contribution < -0.4 is 15.0 Å². The summed E-state index contributed by atoms with van der Waals surface area (Å²) in [6.07, 6.45) is -0.343. The molecule has 1 aromatic heterocycles. The fourth-order valence-corrected chi connectivity index (χ4v) is 3.98. The Morgan fingerprint density at radius 2 is 2.27 bits per heavy atom. The number of aryl methyl sites for hydroxylation is 1. The van der Waals surface area contributed by atoms with Crippen LogP contribution in [0.25, 0.3) is 10.2 Å². The molecule has 1 aliphatic heterocycles. The molecule has 9 heteroatoms. The van der Waals surface area contributed by atoms with E-state index in [1.165, 1.54) is 18.4 Å². The number of thiazole rings is 1. The van der Waals surface area contributed by atoms with E-state index in [4.69, 9.17) is 9.57 Å². The highest BCUT2D eigenvalue weighted by Gasteiger charge is 2.32. The Bertz CT molecular complexity index is 889. The van der Waals surface area contributed by atoms with Crippen molar-refractivity contribution in [3.63, 3.8) is 0 Å². The van der Waals surface area contributed by atoms with Crippen LogP contribution in [-0.4, -0.2) is 42.9 Å². The topological polar surface area (TPSA) is 85.2 Å². The van der Waals surface area contributed by atoms with Crippen LogP contribution >= 0.6 is 11.3 Å². The van der Waals surface area contributed by atoms with Gasteiger partial charge in [0, 0.05) is 18.7 Å². The Kier molecular flexibility index (Phi) is 5.46. The van der Waals surface area contributed by atoms with Crippen molar-refractivity contribution in [2.75, 3.05) is 25.1 Å². The number of amides is 2. The van der Waals surface area contributed by atoms with E-state index in [-0.39, 0.29) is 12.0 Å². The second-order valence-corrected chi connectivity index (χ2v) is 6.84. The first-order valence-electron chi connectivity index (χ1n) is 8.52. The number of fused-ring (bicyclic) bond motifs is 1. The number of aromatic nitrogens is 1. The van der Waals surface area contributed by atoms with E-state index in [1.54, 1.807) is 11.8 Å². The molecule has 2 heterocycles. The molecule has 8 nitrogen and oxygen atoms in total. The number of benzene rings is 1. The van der Waals surface area contributed by atoms with Crippen molar-refractivity contribution in [3.8, 4) is 0 Å². The normalized spacial score (nSPS) is 17.7. The zero-order chi connectivity index (χ0) is 18.7. The van der Waals surface area contributed by atoms with Crippen LogP contribution in [0.4, 0.5) is 10.5 Å². The van der Waals surface area contributed by atoms with Gasteiger partial charge in [0.1, 0.15) is 13.2 Å². The molecule has 26 heavy (non-hydrogen) atoms. The molecule has 0 radical (unpaired) electrons. The number of carbonyl (C=O) groups excluding carboxylic acids is 2. The van der Waals surface area contributed by atoms with Gasteiger partial charge in [0.15, 0.2) is 0 Å². The van der Waals surface area contributed by atoms with E-state index < -0.39 is 6.09 Å². The van der Waals surface area contributed by atoms with Gasteiger partial charge in [-0.2, -0.15) is 0 Å². The van der Waals surface area contributed by atoms with Gasteiger partial charge in [0.25, 0.3) is 0 Å². The lowest BCUT2D eigenvalue weighted by molar-refractivity contribution is -0.121. The van der Waals surface area contributed by atoms with E-state index in [0.29, 0.717) is 19.5 Å². The number of rotatable bonds is 6. The molecule has 1 aromatic carbocycles. The zero-order valence-corrected chi connectivity index (χ0v) is 15.8. The van der Waals surface area contributed by atoms with E-state index in [1.807, 2.05) is 25.1 Å². The number of hydrogen-bond acceptors (Lipinski definition) is 6. The highest BCUT2D eigenvalue weighted by atomic mass is 32.1. The van der Waals surface area contributed by atoms with Crippen molar-refractivity contribution in [2.45, 2.75) is 32.9 Å². The summed E-state index contributed by atoms with van der Waals surface area (Å²) < 4.78 is 8.42. The van der Waals surface area contributed by atoms with Crippen LogP contribution in [0.15, 0.2) is 23.4 Å². The Morgan fingerprint density at radius 3 is 2.96 bits per heavy atom. The maximum absolute atomic E-state index is 12.2. The molecule has 1 atom stereocenters. The summed E-state index contributed by atoms with van der Waals surface area (Å²) in [5, 5.41) is 6.81. The second kappa shape index (κ2) is 7.77. The van der Waals surface area contributed by atoms with Gasteiger partial charge in [0.05, 0.1) is 23.3 Å². The van der Waals surface area contributed by atoms with Gasteiger partial charge >= 0.3 is 6.09 Å². The summed E-state index contributed by atoms with van der Waals surface area (Å²) in [7, 11) is 1.52. The summed E-state index contributed by atoms with van der Waals surface area (Å²) in [4.78, 5) is 30.9. The van der Waals surface area contributed by atoms with Crippen LogP contribution in [0, 0.1) is 0 Å². The van der Waals surface area contributed by atoms with Gasteiger partial charge in [-0.05, 0) is 25.1 Å². The average molecular weight is 378 g/mol. The molecule has 3 rings (SSSR count). The molecule has 2 amide bonds. The zero-order valence-electron chi connectivity index (χ0n) is 15.0. The maximum atomic E-state index is 12.2. The van der Waals surface area contributed by atoms with E-state index in [9.17, 15) is 9.59 Å². The first-order valence-corrected chi connectivity index (χ1v) is 9.34. The Hall–Kier alpha value is -2.55. The minimum absolute atomic E-state index is 0.0574. The molecule has 2 aromatic rings. The third kappa shape index (κ3) is 3.52. The van der Waals surface area contributed by atoms with Crippen LogP contribution in [0.3, 0.4) is 0 Å². The molecular weight excluding hydrogens is 356 g/mol. The van der Waals surface area contributed by atoms with Crippen molar-refractivity contribution in [2.24, 2.45) is 5.16 Å².